The number of rotatable bonds is 8. The maximum atomic E-state index is 13.3. The van der Waals surface area contributed by atoms with Crippen LogP contribution in [0.15, 0.2) is 54.6 Å². The lowest BCUT2D eigenvalue weighted by Crippen LogP contribution is -2.40. The van der Waals surface area contributed by atoms with Gasteiger partial charge in [0.15, 0.2) is 11.5 Å². The smallest absolute Gasteiger partial charge is 0.416 e. The predicted molar refractivity (Wildman–Crippen MR) is 153 cm³/mol. The molecule has 43 heavy (non-hydrogen) atoms. The number of halogens is 3. The number of hydrogen-bond acceptors (Lipinski definition) is 7. The summed E-state index contributed by atoms with van der Waals surface area (Å²) in [5, 5.41) is 13.5. The second kappa shape index (κ2) is 10.5. The highest BCUT2D eigenvalue weighted by molar-refractivity contribution is 5.92. The molecule has 0 bridgehead atoms. The van der Waals surface area contributed by atoms with Crippen molar-refractivity contribution >= 4 is 28.9 Å². The van der Waals surface area contributed by atoms with Crippen molar-refractivity contribution in [3.8, 4) is 0 Å². The third-order valence-corrected chi connectivity index (χ3v) is 8.96. The van der Waals surface area contributed by atoms with Crippen LogP contribution in [-0.2, 0) is 17.5 Å². The number of nitrogens with zero attached hydrogens (tertiary/aromatic N) is 5. The molecule has 3 aliphatic rings. The zero-order valence-electron chi connectivity index (χ0n) is 23.3. The lowest BCUT2D eigenvalue weighted by Gasteiger charge is -2.35. The summed E-state index contributed by atoms with van der Waals surface area (Å²) in [6, 6.07) is 14.9. The molecule has 1 unspecified atom stereocenters. The van der Waals surface area contributed by atoms with Gasteiger partial charge in [0.05, 0.1) is 25.3 Å². The van der Waals surface area contributed by atoms with Crippen LogP contribution in [0, 0.1) is 5.92 Å². The number of ether oxygens (including phenoxy) is 1. The summed E-state index contributed by atoms with van der Waals surface area (Å²) in [4.78, 5) is 27.8. The fourth-order valence-corrected chi connectivity index (χ4v) is 6.25. The van der Waals surface area contributed by atoms with Gasteiger partial charge in [-0.15, -0.1) is 0 Å². The molecular weight excluding hydrogens is 561 g/mol. The Hall–Kier alpha value is -4.19. The molecule has 1 saturated heterocycles. The molecule has 2 aromatic carbocycles. The average Bonchev–Trinajstić information content (AvgIpc) is 3.63. The fourth-order valence-electron chi connectivity index (χ4n) is 6.25. The van der Waals surface area contributed by atoms with Gasteiger partial charge in [0, 0.05) is 12.1 Å². The van der Waals surface area contributed by atoms with Gasteiger partial charge < -0.3 is 24.6 Å². The van der Waals surface area contributed by atoms with Gasteiger partial charge in [-0.1, -0.05) is 48.9 Å². The van der Waals surface area contributed by atoms with Crippen LogP contribution >= 0.6 is 0 Å². The van der Waals surface area contributed by atoms with Gasteiger partial charge in [0.1, 0.15) is 11.6 Å². The molecule has 4 aromatic rings. The molecule has 3 heterocycles. The van der Waals surface area contributed by atoms with E-state index >= 15 is 0 Å². The lowest BCUT2D eigenvalue weighted by atomic mass is 9.78. The zero-order chi connectivity index (χ0) is 29.8. The van der Waals surface area contributed by atoms with Crippen LogP contribution in [-0.4, -0.2) is 55.8 Å². The van der Waals surface area contributed by atoms with Crippen molar-refractivity contribution in [2.75, 3.05) is 29.9 Å². The third-order valence-electron chi connectivity index (χ3n) is 8.96. The molecule has 1 atom stereocenters. The summed E-state index contributed by atoms with van der Waals surface area (Å²) in [7, 11) is 0. The standard InChI is InChI=1S/C31H31F3N6O3/c32-31(33,34)22-11-9-19(10-12-22)17-40-24-25(37-29(40)39-15-16-43-23(18-39)20-5-2-1-3-6-20)35-27(28(41)42)36-26(24)38-30(13-14-30)21-7-4-8-21/h1-3,5-6,9-12,21,23H,4,7-8,13-18H2,(H,41,42)(H,35,36,38). The summed E-state index contributed by atoms with van der Waals surface area (Å²) in [5.74, 6) is -0.192. The number of nitrogens with one attached hydrogen (secondary N) is 1. The molecule has 1 aliphatic heterocycles. The Morgan fingerprint density at radius 2 is 1.79 bits per heavy atom. The Morgan fingerprint density at radius 1 is 1.05 bits per heavy atom. The number of imidazole rings is 1. The number of alkyl halides is 3. The quantitative estimate of drug-likeness (QED) is 0.260. The van der Waals surface area contributed by atoms with E-state index in [1.807, 2.05) is 34.9 Å². The number of fused-ring (bicyclic) bond motifs is 1. The summed E-state index contributed by atoms with van der Waals surface area (Å²) < 4.78 is 47.9. The van der Waals surface area contributed by atoms with Crippen molar-refractivity contribution in [1.29, 1.82) is 0 Å². The van der Waals surface area contributed by atoms with Gasteiger partial charge in [-0.25, -0.2) is 14.8 Å². The van der Waals surface area contributed by atoms with E-state index in [-0.39, 0.29) is 29.7 Å². The highest BCUT2D eigenvalue weighted by Gasteiger charge is 2.52. The molecule has 2 saturated carbocycles. The number of benzene rings is 2. The maximum absolute atomic E-state index is 13.3. The summed E-state index contributed by atoms with van der Waals surface area (Å²) in [6.07, 6.45) is 0.658. The van der Waals surface area contributed by atoms with E-state index in [0.717, 1.165) is 43.4 Å². The molecule has 3 fully saturated rings. The molecule has 2 aliphatic carbocycles. The average molecular weight is 593 g/mol. The number of aromatic carboxylic acids is 1. The first-order chi connectivity index (χ1) is 20.7. The number of carboxylic acids is 1. The first kappa shape index (κ1) is 27.6. The third kappa shape index (κ3) is 5.28. The van der Waals surface area contributed by atoms with Gasteiger partial charge >= 0.3 is 12.1 Å². The molecule has 12 heteroatoms. The van der Waals surface area contributed by atoms with E-state index < -0.39 is 17.7 Å². The normalized spacial score (nSPS) is 20.2. The van der Waals surface area contributed by atoms with Crippen LogP contribution in [0.1, 0.15) is 65.5 Å². The van der Waals surface area contributed by atoms with E-state index in [2.05, 4.69) is 20.2 Å². The van der Waals surface area contributed by atoms with Crippen molar-refractivity contribution < 1.29 is 27.8 Å². The van der Waals surface area contributed by atoms with Crippen LogP contribution in [0.5, 0.6) is 0 Å². The van der Waals surface area contributed by atoms with Crippen LogP contribution in [0.25, 0.3) is 11.2 Å². The van der Waals surface area contributed by atoms with Crippen molar-refractivity contribution in [1.82, 2.24) is 19.5 Å². The first-order valence-corrected chi connectivity index (χ1v) is 14.6. The minimum Gasteiger partial charge on any atom is -0.475 e. The van der Waals surface area contributed by atoms with Gasteiger partial charge in [0.2, 0.25) is 11.8 Å². The second-order valence-corrected chi connectivity index (χ2v) is 11.7. The Bertz CT molecular complexity index is 1650. The lowest BCUT2D eigenvalue weighted by molar-refractivity contribution is -0.137. The highest BCUT2D eigenvalue weighted by atomic mass is 19.4. The number of hydrogen-bond donors (Lipinski definition) is 2. The van der Waals surface area contributed by atoms with E-state index in [1.165, 1.54) is 18.6 Å². The Balaban J connectivity index is 1.34. The number of carboxylic acid groups (broad SMARTS) is 1. The van der Waals surface area contributed by atoms with E-state index in [4.69, 9.17) is 9.72 Å². The first-order valence-electron chi connectivity index (χ1n) is 14.6. The van der Waals surface area contributed by atoms with Crippen LogP contribution < -0.4 is 10.2 Å². The van der Waals surface area contributed by atoms with E-state index in [0.29, 0.717) is 48.5 Å². The monoisotopic (exact) mass is 592 g/mol. The molecule has 2 aromatic heterocycles. The molecule has 7 rings (SSSR count). The van der Waals surface area contributed by atoms with Crippen molar-refractivity contribution in [3.63, 3.8) is 0 Å². The van der Waals surface area contributed by atoms with Crippen molar-refractivity contribution in [3.05, 3.63) is 77.1 Å². The molecule has 0 radical (unpaired) electrons. The Morgan fingerprint density at radius 3 is 2.42 bits per heavy atom. The highest BCUT2D eigenvalue weighted by Crippen LogP contribution is 2.53. The number of aromatic nitrogens is 4. The van der Waals surface area contributed by atoms with Gasteiger partial charge in [-0.3, -0.25) is 0 Å². The van der Waals surface area contributed by atoms with Gasteiger partial charge in [-0.05, 0) is 54.9 Å². The second-order valence-electron chi connectivity index (χ2n) is 11.7. The molecule has 0 amide bonds. The Kier molecular flexibility index (Phi) is 6.76. The fraction of sp³-hybridized carbons (Fsp3) is 0.419. The summed E-state index contributed by atoms with van der Waals surface area (Å²) >= 11 is 0. The summed E-state index contributed by atoms with van der Waals surface area (Å²) in [5.41, 5.74) is 1.55. The van der Waals surface area contributed by atoms with Crippen LogP contribution in [0.3, 0.4) is 0 Å². The maximum Gasteiger partial charge on any atom is 0.416 e. The number of morpholine rings is 1. The molecule has 9 nitrogen and oxygen atoms in total. The zero-order valence-corrected chi connectivity index (χ0v) is 23.3. The molecule has 2 N–H and O–H groups in total. The van der Waals surface area contributed by atoms with Gasteiger partial charge in [-0.2, -0.15) is 18.2 Å². The minimum absolute atomic E-state index is 0.143. The topological polar surface area (TPSA) is 105 Å². The van der Waals surface area contributed by atoms with Crippen LogP contribution in [0.2, 0.25) is 0 Å². The summed E-state index contributed by atoms with van der Waals surface area (Å²) in [6.45, 7) is 1.63. The molecular formula is C31H31F3N6O3. The van der Waals surface area contributed by atoms with E-state index in [1.54, 1.807) is 0 Å². The molecule has 224 valence electrons. The number of anilines is 2. The van der Waals surface area contributed by atoms with Crippen LogP contribution in [0.4, 0.5) is 24.9 Å². The minimum atomic E-state index is -4.44. The number of carbonyl (C=O) groups is 1. The molecule has 0 spiro atoms. The van der Waals surface area contributed by atoms with Gasteiger partial charge in [0.25, 0.3) is 0 Å². The Labute approximate surface area is 245 Å². The predicted octanol–water partition coefficient (Wildman–Crippen LogP) is 5.91. The van der Waals surface area contributed by atoms with Crippen molar-refractivity contribution in [2.24, 2.45) is 5.92 Å². The van der Waals surface area contributed by atoms with Crippen molar-refractivity contribution in [2.45, 2.75) is 56.5 Å². The van der Waals surface area contributed by atoms with E-state index in [9.17, 15) is 23.1 Å². The SMILES string of the molecule is O=C(O)c1nc(NC2(C3CCC3)CC2)c2c(n1)nc(N1CCOC(c3ccccc3)C1)n2Cc1ccc(C(F)(F)F)cc1. The largest absolute Gasteiger partial charge is 0.475 e.